The highest BCUT2D eigenvalue weighted by Gasteiger charge is 2.26. The fourth-order valence-corrected chi connectivity index (χ4v) is 4.52. The summed E-state index contributed by atoms with van der Waals surface area (Å²) in [6.07, 6.45) is 1.36. The van der Waals surface area contributed by atoms with Gasteiger partial charge < -0.3 is 14.4 Å². The van der Waals surface area contributed by atoms with Crippen LogP contribution in [0.5, 0.6) is 5.88 Å². The van der Waals surface area contributed by atoms with Crippen LogP contribution in [0.4, 0.5) is 10.2 Å². The van der Waals surface area contributed by atoms with Gasteiger partial charge in [-0.15, -0.1) is 0 Å². The monoisotopic (exact) mass is 448 g/mol. The Balaban J connectivity index is 1.45. The second-order valence-corrected chi connectivity index (χ2v) is 8.66. The number of fused-ring (bicyclic) bond motifs is 2. The first-order valence-electron chi connectivity index (χ1n) is 11.4. The summed E-state index contributed by atoms with van der Waals surface area (Å²) >= 11 is 0. The number of nitrogens with zero attached hydrogens (tertiary/aromatic N) is 6. The molecule has 0 spiro atoms. The molecule has 0 radical (unpaired) electrons. The Morgan fingerprint density at radius 3 is 2.58 bits per heavy atom. The van der Waals surface area contributed by atoms with E-state index in [0.717, 1.165) is 29.6 Å². The number of aromatic nitrogens is 5. The molecule has 3 aromatic heterocycles. The Labute approximate surface area is 190 Å². The zero-order valence-electron chi connectivity index (χ0n) is 18.4. The number of aryl methyl sites for hydroxylation is 1. The molecule has 2 aliphatic heterocycles. The lowest BCUT2D eigenvalue weighted by atomic mass is 10.1. The third-order valence-corrected chi connectivity index (χ3v) is 6.28. The van der Waals surface area contributed by atoms with Crippen molar-refractivity contribution >= 4 is 22.5 Å². The number of anilines is 1. The molecule has 0 bridgehead atoms. The van der Waals surface area contributed by atoms with Gasteiger partial charge in [-0.25, -0.2) is 19.3 Å². The minimum atomic E-state index is -0.834. The van der Waals surface area contributed by atoms with Gasteiger partial charge in [0.15, 0.2) is 5.65 Å². The Kier molecular flexibility index (Phi) is 5.05. The van der Waals surface area contributed by atoms with Crippen molar-refractivity contribution in [3.8, 4) is 17.3 Å². The lowest BCUT2D eigenvalue weighted by Gasteiger charge is -2.24. The first kappa shape index (κ1) is 20.3. The van der Waals surface area contributed by atoms with E-state index < -0.39 is 6.17 Å². The zero-order valence-corrected chi connectivity index (χ0v) is 18.4. The Morgan fingerprint density at radius 2 is 1.82 bits per heavy atom. The Bertz CT molecular complexity index is 1320. The van der Waals surface area contributed by atoms with Gasteiger partial charge in [-0.2, -0.15) is 9.61 Å². The quantitative estimate of drug-likeness (QED) is 0.470. The van der Waals surface area contributed by atoms with Gasteiger partial charge in [0, 0.05) is 31.5 Å². The molecule has 2 fully saturated rings. The second kappa shape index (κ2) is 8.22. The number of halogens is 1. The molecule has 1 aromatic carbocycles. The third kappa shape index (κ3) is 3.86. The molecular weight excluding hydrogens is 423 g/mol. The zero-order chi connectivity index (χ0) is 22.4. The first-order chi connectivity index (χ1) is 16.1. The van der Waals surface area contributed by atoms with Gasteiger partial charge in [0.25, 0.3) is 0 Å². The molecule has 0 N–H and O–H groups in total. The average Bonchev–Trinajstić information content (AvgIpc) is 3.45. The van der Waals surface area contributed by atoms with Gasteiger partial charge in [0.1, 0.15) is 29.5 Å². The summed E-state index contributed by atoms with van der Waals surface area (Å²) in [5, 5.41) is 4.80. The standard InChI is InChI=1S/C24H25FN6O2/c1-15-24(27-19-5-3-2-4-18(19)26-15)20-12-22-28-21(30-9-6-16(25)14-30)13-23(31(22)29-20)33-17-7-10-32-11-8-17/h2-5,12-13,16-17H,6-11,14H2,1H3/t16-/m1/s1. The van der Waals surface area contributed by atoms with Crippen molar-refractivity contribution in [2.24, 2.45) is 0 Å². The Hall–Kier alpha value is -3.33. The van der Waals surface area contributed by atoms with Crippen LogP contribution >= 0.6 is 0 Å². The van der Waals surface area contributed by atoms with E-state index in [2.05, 4.69) is 0 Å². The van der Waals surface area contributed by atoms with E-state index >= 15 is 0 Å². The molecule has 0 unspecified atom stereocenters. The van der Waals surface area contributed by atoms with Crippen molar-refractivity contribution in [1.29, 1.82) is 0 Å². The fourth-order valence-electron chi connectivity index (χ4n) is 4.52. The van der Waals surface area contributed by atoms with Crippen molar-refractivity contribution in [3.63, 3.8) is 0 Å². The fraction of sp³-hybridized carbons (Fsp3) is 0.417. The van der Waals surface area contributed by atoms with Crippen molar-refractivity contribution in [1.82, 2.24) is 24.6 Å². The van der Waals surface area contributed by atoms with E-state index in [1.807, 2.05) is 48.2 Å². The number of benzene rings is 1. The SMILES string of the molecule is Cc1nc2ccccc2nc1-c1cc2nc(N3CC[C@@H](F)C3)cc(OC3CCOCC3)n2n1. The summed E-state index contributed by atoms with van der Waals surface area (Å²) in [6.45, 7) is 4.27. The number of rotatable bonds is 4. The van der Waals surface area contributed by atoms with Crippen molar-refractivity contribution in [2.45, 2.75) is 38.5 Å². The summed E-state index contributed by atoms with van der Waals surface area (Å²) in [4.78, 5) is 16.3. The van der Waals surface area contributed by atoms with E-state index in [1.54, 1.807) is 4.52 Å². The highest BCUT2D eigenvalue weighted by molar-refractivity contribution is 5.78. The molecule has 1 atom stereocenters. The summed E-state index contributed by atoms with van der Waals surface area (Å²) in [7, 11) is 0. The van der Waals surface area contributed by atoms with E-state index in [1.165, 1.54) is 0 Å². The van der Waals surface area contributed by atoms with Crippen LogP contribution in [0.15, 0.2) is 36.4 Å². The number of hydrogen-bond acceptors (Lipinski definition) is 7. The summed E-state index contributed by atoms with van der Waals surface area (Å²) in [5.41, 5.74) is 4.49. The molecule has 170 valence electrons. The second-order valence-electron chi connectivity index (χ2n) is 8.66. The molecule has 9 heteroatoms. The normalized spacial score (nSPS) is 19.6. The smallest absolute Gasteiger partial charge is 0.220 e. The highest BCUT2D eigenvalue weighted by Crippen LogP contribution is 2.30. The summed E-state index contributed by atoms with van der Waals surface area (Å²) < 4.78 is 27.5. The molecule has 6 rings (SSSR count). The molecular formula is C24H25FN6O2. The molecule has 0 aliphatic carbocycles. The van der Waals surface area contributed by atoms with Gasteiger partial charge >= 0.3 is 0 Å². The topological polar surface area (TPSA) is 77.7 Å². The van der Waals surface area contributed by atoms with Crippen LogP contribution in [0.1, 0.15) is 25.0 Å². The third-order valence-electron chi connectivity index (χ3n) is 6.28. The maximum Gasteiger partial charge on any atom is 0.220 e. The van der Waals surface area contributed by atoms with Crippen LogP contribution in [0.2, 0.25) is 0 Å². The van der Waals surface area contributed by atoms with Gasteiger partial charge in [0.2, 0.25) is 5.88 Å². The average molecular weight is 449 g/mol. The van der Waals surface area contributed by atoms with E-state index in [0.29, 0.717) is 61.5 Å². The number of hydrogen-bond donors (Lipinski definition) is 0. The molecule has 0 saturated carbocycles. The Morgan fingerprint density at radius 1 is 1.03 bits per heavy atom. The van der Waals surface area contributed by atoms with Gasteiger partial charge in [-0.1, -0.05) is 12.1 Å². The predicted octanol–water partition coefficient (Wildman–Crippen LogP) is 3.75. The number of ether oxygens (including phenoxy) is 2. The van der Waals surface area contributed by atoms with Crippen LogP contribution < -0.4 is 9.64 Å². The van der Waals surface area contributed by atoms with Gasteiger partial charge in [-0.3, -0.25) is 0 Å². The highest BCUT2D eigenvalue weighted by atomic mass is 19.1. The van der Waals surface area contributed by atoms with Crippen LogP contribution in [0, 0.1) is 6.92 Å². The molecule has 33 heavy (non-hydrogen) atoms. The maximum absolute atomic E-state index is 13.9. The predicted molar refractivity (Wildman–Crippen MR) is 122 cm³/mol. The molecule has 5 heterocycles. The van der Waals surface area contributed by atoms with Crippen molar-refractivity contribution in [2.75, 3.05) is 31.2 Å². The molecule has 2 aliphatic rings. The van der Waals surface area contributed by atoms with Crippen molar-refractivity contribution in [3.05, 3.63) is 42.1 Å². The first-order valence-corrected chi connectivity index (χ1v) is 11.4. The number of para-hydroxylation sites is 2. The number of alkyl halides is 1. The van der Waals surface area contributed by atoms with E-state index in [-0.39, 0.29) is 6.10 Å². The van der Waals surface area contributed by atoms with Crippen molar-refractivity contribution < 1.29 is 13.9 Å². The minimum absolute atomic E-state index is 0.0412. The van der Waals surface area contributed by atoms with E-state index in [9.17, 15) is 4.39 Å². The van der Waals surface area contributed by atoms with Crippen LogP contribution in [0.3, 0.4) is 0 Å². The molecule has 4 aromatic rings. The summed E-state index contributed by atoms with van der Waals surface area (Å²) in [5.74, 6) is 1.30. The molecule has 0 amide bonds. The molecule has 8 nitrogen and oxygen atoms in total. The van der Waals surface area contributed by atoms with Gasteiger partial charge in [-0.05, 0) is 25.5 Å². The summed E-state index contributed by atoms with van der Waals surface area (Å²) in [6, 6.07) is 11.6. The molecule has 2 saturated heterocycles. The van der Waals surface area contributed by atoms with Crippen LogP contribution in [0.25, 0.3) is 28.1 Å². The lowest BCUT2D eigenvalue weighted by Crippen LogP contribution is -2.27. The van der Waals surface area contributed by atoms with E-state index in [4.69, 9.17) is 29.5 Å². The minimum Gasteiger partial charge on any atom is -0.474 e. The largest absolute Gasteiger partial charge is 0.474 e. The van der Waals surface area contributed by atoms with Crippen LogP contribution in [-0.4, -0.2) is 63.1 Å². The van der Waals surface area contributed by atoms with Crippen LogP contribution in [-0.2, 0) is 4.74 Å². The maximum atomic E-state index is 13.9. The lowest BCUT2D eigenvalue weighted by molar-refractivity contribution is 0.0228. The van der Waals surface area contributed by atoms with Gasteiger partial charge in [0.05, 0.1) is 36.5 Å².